The number of methoxy groups -OCH3 is 1. The normalized spacial score (nSPS) is 10.3. The van der Waals surface area contributed by atoms with Gasteiger partial charge in [-0.2, -0.15) is 0 Å². The van der Waals surface area contributed by atoms with Gasteiger partial charge < -0.3 is 9.47 Å². The summed E-state index contributed by atoms with van der Waals surface area (Å²) in [5.41, 5.74) is 5.05. The first kappa shape index (κ1) is 13.6. The summed E-state index contributed by atoms with van der Waals surface area (Å²) < 4.78 is 10.9. The highest BCUT2D eigenvalue weighted by Gasteiger charge is 2.01. The van der Waals surface area contributed by atoms with Crippen LogP contribution in [0.4, 0.5) is 0 Å². The summed E-state index contributed by atoms with van der Waals surface area (Å²) in [6, 6.07) is 15.9. The van der Waals surface area contributed by atoms with E-state index in [-0.39, 0.29) is 0 Å². The maximum atomic E-state index is 5.78. The van der Waals surface area contributed by atoms with E-state index < -0.39 is 0 Å². The zero-order chi connectivity index (χ0) is 14.5. The Morgan fingerprint density at radius 1 is 0.952 bits per heavy atom. The summed E-state index contributed by atoms with van der Waals surface area (Å²) in [6.07, 6.45) is 0. The second kappa shape index (κ2) is 6.41. The molecule has 0 atom stereocenters. The van der Waals surface area contributed by atoms with Crippen LogP contribution in [0.15, 0.2) is 59.4 Å². The molecule has 21 heavy (non-hydrogen) atoms. The van der Waals surface area contributed by atoms with Gasteiger partial charge in [-0.15, -0.1) is 11.3 Å². The van der Waals surface area contributed by atoms with Crippen molar-refractivity contribution in [1.29, 1.82) is 0 Å². The quantitative estimate of drug-likeness (QED) is 0.699. The number of rotatable bonds is 5. The van der Waals surface area contributed by atoms with Crippen LogP contribution in [0.25, 0.3) is 11.3 Å². The fourth-order valence-corrected chi connectivity index (χ4v) is 2.53. The molecule has 2 aromatic carbocycles. The van der Waals surface area contributed by atoms with Gasteiger partial charge in [-0.05, 0) is 42.0 Å². The lowest BCUT2D eigenvalue weighted by Crippen LogP contribution is -1.95. The maximum absolute atomic E-state index is 5.78. The summed E-state index contributed by atoms with van der Waals surface area (Å²) in [6.45, 7) is 0.542. The van der Waals surface area contributed by atoms with E-state index in [9.17, 15) is 0 Å². The van der Waals surface area contributed by atoms with Crippen LogP contribution < -0.4 is 9.47 Å². The Bertz CT molecular complexity index is 676. The predicted molar refractivity (Wildman–Crippen MR) is 84.9 cm³/mol. The Labute approximate surface area is 127 Å². The van der Waals surface area contributed by atoms with Crippen LogP contribution in [0.2, 0.25) is 0 Å². The molecule has 0 saturated heterocycles. The molecule has 0 bridgehead atoms. The van der Waals surface area contributed by atoms with Crippen molar-refractivity contribution >= 4 is 11.3 Å². The molecule has 0 spiro atoms. The molecule has 0 unspecified atom stereocenters. The zero-order valence-electron chi connectivity index (χ0n) is 11.7. The van der Waals surface area contributed by atoms with E-state index in [1.807, 2.05) is 59.4 Å². The number of hydrogen-bond donors (Lipinski definition) is 0. The average Bonchev–Trinajstić information content (AvgIpc) is 3.08. The molecule has 0 saturated carbocycles. The molecule has 0 amide bonds. The zero-order valence-corrected chi connectivity index (χ0v) is 12.5. The highest BCUT2D eigenvalue weighted by molar-refractivity contribution is 7.07. The largest absolute Gasteiger partial charge is 0.497 e. The SMILES string of the molecule is COc1ccc(COc2ccc(-c3cscn3)cc2)cc1. The average molecular weight is 297 g/mol. The fraction of sp³-hybridized carbons (Fsp3) is 0.118. The molecule has 4 heteroatoms. The molecule has 0 N–H and O–H groups in total. The minimum atomic E-state index is 0.542. The third kappa shape index (κ3) is 3.41. The van der Waals surface area contributed by atoms with Gasteiger partial charge in [0.05, 0.1) is 18.3 Å². The van der Waals surface area contributed by atoms with E-state index >= 15 is 0 Å². The van der Waals surface area contributed by atoms with Crippen molar-refractivity contribution in [1.82, 2.24) is 4.98 Å². The molecular weight excluding hydrogens is 282 g/mol. The highest BCUT2D eigenvalue weighted by Crippen LogP contribution is 2.22. The van der Waals surface area contributed by atoms with Crippen molar-refractivity contribution in [3.8, 4) is 22.8 Å². The number of nitrogens with zero attached hydrogens (tertiary/aromatic N) is 1. The summed E-state index contributed by atoms with van der Waals surface area (Å²) in [7, 11) is 1.66. The molecule has 0 aliphatic carbocycles. The molecule has 1 aromatic heterocycles. The lowest BCUT2D eigenvalue weighted by molar-refractivity contribution is 0.306. The van der Waals surface area contributed by atoms with Gasteiger partial charge in [-0.3, -0.25) is 0 Å². The van der Waals surface area contributed by atoms with E-state index in [4.69, 9.17) is 9.47 Å². The van der Waals surface area contributed by atoms with Crippen LogP contribution in [0.3, 0.4) is 0 Å². The number of thiazole rings is 1. The number of aromatic nitrogens is 1. The van der Waals surface area contributed by atoms with Crippen molar-refractivity contribution in [2.75, 3.05) is 7.11 Å². The Kier molecular flexibility index (Phi) is 4.17. The first-order chi connectivity index (χ1) is 10.3. The summed E-state index contributed by atoms with van der Waals surface area (Å²) in [4.78, 5) is 4.29. The minimum Gasteiger partial charge on any atom is -0.497 e. The van der Waals surface area contributed by atoms with Gasteiger partial charge in [-0.1, -0.05) is 12.1 Å². The Morgan fingerprint density at radius 2 is 1.67 bits per heavy atom. The van der Waals surface area contributed by atoms with Gasteiger partial charge in [0.1, 0.15) is 18.1 Å². The Balaban J connectivity index is 1.62. The predicted octanol–water partition coefficient (Wildman–Crippen LogP) is 4.40. The van der Waals surface area contributed by atoms with E-state index in [2.05, 4.69) is 4.98 Å². The molecule has 3 aromatic rings. The fourth-order valence-electron chi connectivity index (χ4n) is 1.97. The lowest BCUT2D eigenvalue weighted by atomic mass is 10.2. The van der Waals surface area contributed by atoms with Gasteiger partial charge in [0.25, 0.3) is 0 Å². The third-order valence-electron chi connectivity index (χ3n) is 3.15. The van der Waals surface area contributed by atoms with Crippen molar-refractivity contribution < 1.29 is 9.47 Å². The van der Waals surface area contributed by atoms with Gasteiger partial charge in [-0.25, -0.2) is 4.98 Å². The Morgan fingerprint density at radius 3 is 2.29 bits per heavy atom. The van der Waals surface area contributed by atoms with Crippen molar-refractivity contribution in [3.63, 3.8) is 0 Å². The number of hydrogen-bond acceptors (Lipinski definition) is 4. The molecule has 106 valence electrons. The molecule has 0 aliphatic rings. The number of ether oxygens (including phenoxy) is 2. The summed E-state index contributed by atoms with van der Waals surface area (Å²) in [5, 5.41) is 2.03. The van der Waals surface area contributed by atoms with Crippen LogP contribution in [0.1, 0.15) is 5.56 Å². The van der Waals surface area contributed by atoms with E-state index in [0.29, 0.717) is 6.61 Å². The highest BCUT2D eigenvalue weighted by atomic mass is 32.1. The first-order valence-electron chi connectivity index (χ1n) is 6.59. The van der Waals surface area contributed by atoms with E-state index in [1.54, 1.807) is 18.4 Å². The standard InChI is InChI=1S/C17H15NO2S/c1-19-15-6-2-13(3-7-15)10-20-16-8-4-14(5-9-16)17-11-21-12-18-17/h2-9,11-12H,10H2,1H3. The van der Waals surface area contributed by atoms with Crippen molar-refractivity contribution in [2.45, 2.75) is 6.61 Å². The summed E-state index contributed by atoms with van der Waals surface area (Å²) >= 11 is 1.60. The smallest absolute Gasteiger partial charge is 0.119 e. The second-order valence-corrected chi connectivity index (χ2v) is 5.25. The Hall–Kier alpha value is -2.33. The van der Waals surface area contributed by atoms with Crippen LogP contribution in [0, 0.1) is 0 Å². The minimum absolute atomic E-state index is 0.542. The van der Waals surface area contributed by atoms with Gasteiger partial charge in [0.15, 0.2) is 0 Å². The van der Waals surface area contributed by atoms with Gasteiger partial charge in [0.2, 0.25) is 0 Å². The molecular formula is C17H15NO2S. The lowest BCUT2D eigenvalue weighted by Gasteiger charge is -2.07. The summed E-state index contributed by atoms with van der Waals surface area (Å²) in [5.74, 6) is 1.70. The maximum Gasteiger partial charge on any atom is 0.119 e. The third-order valence-corrected chi connectivity index (χ3v) is 3.73. The van der Waals surface area contributed by atoms with Gasteiger partial charge >= 0.3 is 0 Å². The van der Waals surface area contributed by atoms with Crippen molar-refractivity contribution in [2.24, 2.45) is 0 Å². The molecule has 1 heterocycles. The van der Waals surface area contributed by atoms with Crippen LogP contribution >= 0.6 is 11.3 Å². The van der Waals surface area contributed by atoms with Crippen molar-refractivity contribution in [3.05, 3.63) is 65.0 Å². The molecule has 3 nitrogen and oxygen atoms in total. The topological polar surface area (TPSA) is 31.4 Å². The van der Waals surface area contributed by atoms with Crippen LogP contribution in [-0.4, -0.2) is 12.1 Å². The van der Waals surface area contributed by atoms with Crippen LogP contribution in [0.5, 0.6) is 11.5 Å². The molecule has 3 rings (SSSR count). The monoisotopic (exact) mass is 297 g/mol. The number of benzene rings is 2. The van der Waals surface area contributed by atoms with E-state index in [1.165, 1.54) is 0 Å². The van der Waals surface area contributed by atoms with E-state index in [0.717, 1.165) is 28.3 Å². The van der Waals surface area contributed by atoms with Crippen LogP contribution in [-0.2, 0) is 6.61 Å². The second-order valence-electron chi connectivity index (χ2n) is 4.53. The van der Waals surface area contributed by atoms with Gasteiger partial charge in [0, 0.05) is 10.9 Å². The molecule has 0 fully saturated rings. The first-order valence-corrected chi connectivity index (χ1v) is 7.54. The molecule has 0 aliphatic heterocycles. The molecule has 0 radical (unpaired) electrons.